The third-order valence-electron chi connectivity index (χ3n) is 2.65. The quantitative estimate of drug-likeness (QED) is 0.389. The van der Waals surface area contributed by atoms with Gasteiger partial charge in [-0.1, -0.05) is 39.0 Å². The lowest BCUT2D eigenvalue weighted by Gasteiger charge is -2.15. The Morgan fingerprint density at radius 1 is 0.889 bits per heavy atom. The van der Waals surface area contributed by atoms with Gasteiger partial charge in [-0.05, 0) is 20.3 Å². The number of hydrogen-bond donors (Lipinski definition) is 0. The maximum absolute atomic E-state index is 12.1. The summed E-state index contributed by atoms with van der Waals surface area (Å²) in [5.74, 6) is 0. The van der Waals surface area contributed by atoms with Crippen LogP contribution in [0.25, 0.3) is 0 Å². The summed E-state index contributed by atoms with van der Waals surface area (Å²) in [6.07, 6.45) is 6.86. The van der Waals surface area contributed by atoms with Crippen LogP contribution in [-0.2, 0) is 18.4 Å². The van der Waals surface area contributed by atoms with Crippen LogP contribution in [0.5, 0.6) is 0 Å². The van der Waals surface area contributed by atoms with Crippen molar-refractivity contribution in [3.05, 3.63) is 0 Å². The third-order valence-corrected chi connectivity index (χ3v) is 4.68. The van der Waals surface area contributed by atoms with E-state index in [1.165, 1.54) is 19.3 Å². The van der Waals surface area contributed by atoms with Crippen molar-refractivity contribution in [2.75, 3.05) is 13.2 Å². The maximum Gasteiger partial charge on any atom is 0.396 e. The highest BCUT2D eigenvalue weighted by atomic mass is 31.2. The molecule has 0 unspecified atom stereocenters. The van der Waals surface area contributed by atoms with Gasteiger partial charge in [0.1, 0.15) is 0 Å². The lowest BCUT2D eigenvalue weighted by molar-refractivity contribution is -0.114. The highest BCUT2D eigenvalue weighted by Crippen LogP contribution is 2.50. The maximum atomic E-state index is 12.1. The Bertz CT molecular complexity index is 256. The molecule has 4 nitrogen and oxygen atoms in total. The second-order valence-electron chi connectivity index (χ2n) is 4.24. The van der Waals surface area contributed by atoms with Crippen molar-refractivity contribution in [3.8, 4) is 0 Å². The molecule has 0 N–H and O–H groups in total. The van der Waals surface area contributed by atoms with E-state index in [9.17, 15) is 9.36 Å². The topological polar surface area (TPSA) is 52.6 Å². The average Bonchev–Trinajstić information content (AvgIpc) is 2.34. The van der Waals surface area contributed by atoms with Crippen LogP contribution in [0.4, 0.5) is 0 Å². The molecule has 0 amide bonds. The Labute approximate surface area is 111 Å². The van der Waals surface area contributed by atoms with E-state index >= 15 is 0 Å². The van der Waals surface area contributed by atoms with E-state index in [1.807, 2.05) is 0 Å². The smallest absolute Gasteiger partial charge is 0.303 e. The molecule has 0 spiro atoms. The summed E-state index contributed by atoms with van der Waals surface area (Å²) in [5, 5.41) is 0. The second kappa shape index (κ2) is 10.7. The monoisotopic (exact) mass is 278 g/mol. The molecular formula is C13H27O4P. The minimum Gasteiger partial charge on any atom is -0.303 e. The molecular weight excluding hydrogens is 251 g/mol. The van der Waals surface area contributed by atoms with E-state index in [1.54, 1.807) is 13.8 Å². The van der Waals surface area contributed by atoms with Gasteiger partial charge in [-0.15, -0.1) is 0 Å². The van der Waals surface area contributed by atoms with E-state index in [-0.39, 0.29) is 18.7 Å². The normalized spacial score (nSPS) is 11.7. The largest absolute Gasteiger partial charge is 0.396 e. The van der Waals surface area contributed by atoms with Gasteiger partial charge in [0.25, 0.3) is 0 Å². The van der Waals surface area contributed by atoms with Crippen LogP contribution in [0, 0.1) is 0 Å². The van der Waals surface area contributed by atoms with E-state index in [0.717, 1.165) is 19.3 Å². The van der Waals surface area contributed by atoms with Gasteiger partial charge in [0, 0.05) is 6.42 Å². The summed E-state index contributed by atoms with van der Waals surface area (Å²) in [6, 6.07) is 0. The Morgan fingerprint density at radius 2 is 1.39 bits per heavy atom. The zero-order chi connectivity index (χ0) is 13.9. The van der Waals surface area contributed by atoms with Crippen molar-refractivity contribution in [1.29, 1.82) is 0 Å². The molecule has 0 aromatic heterocycles. The molecule has 0 aromatic rings. The lowest BCUT2D eigenvalue weighted by atomic mass is 10.1. The number of carbonyl (C=O) groups excluding carboxylic acids is 1. The molecule has 0 aromatic carbocycles. The molecule has 0 atom stereocenters. The van der Waals surface area contributed by atoms with E-state index < -0.39 is 7.60 Å². The van der Waals surface area contributed by atoms with E-state index in [0.29, 0.717) is 6.42 Å². The van der Waals surface area contributed by atoms with Gasteiger partial charge < -0.3 is 9.05 Å². The summed E-state index contributed by atoms with van der Waals surface area (Å²) in [4.78, 5) is 11.8. The van der Waals surface area contributed by atoms with Crippen LogP contribution in [-0.4, -0.2) is 18.7 Å². The summed E-state index contributed by atoms with van der Waals surface area (Å²) in [5.41, 5.74) is -0.373. The Balaban J connectivity index is 3.93. The molecule has 0 fully saturated rings. The number of unbranched alkanes of at least 4 members (excludes halogenated alkanes) is 5. The molecule has 0 bridgehead atoms. The Morgan fingerprint density at radius 3 is 1.89 bits per heavy atom. The number of carbonyl (C=O) groups is 1. The first-order valence-corrected chi connectivity index (χ1v) is 8.57. The zero-order valence-corrected chi connectivity index (χ0v) is 12.8. The van der Waals surface area contributed by atoms with Crippen molar-refractivity contribution < 1.29 is 18.4 Å². The number of rotatable bonds is 12. The van der Waals surface area contributed by atoms with Gasteiger partial charge in [-0.2, -0.15) is 0 Å². The Kier molecular flexibility index (Phi) is 10.6. The molecule has 0 saturated heterocycles. The Hall–Kier alpha value is -0.180. The molecule has 0 aliphatic rings. The molecule has 0 radical (unpaired) electrons. The van der Waals surface area contributed by atoms with Gasteiger partial charge in [0.2, 0.25) is 5.52 Å². The van der Waals surface area contributed by atoms with E-state index in [2.05, 4.69) is 6.92 Å². The predicted molar refractivity (Wildman–Crippen MR) is 73.9 cm³/mol. The average molecular weight is 278 g/mol. The minimum absolute atomic E-state index is 0.236. The zero-order valence-electron chi connectivity index (χ0n) is 11.9. The van der Waals surface area contributed by atoms with Gasteiger partial charge in [-0.3, -0.25) is 9.36 Å². The fraction of sp³-hybridized carbons (Fsp3) is 0.923. The van der Waals surface area contributed by atoms with Crippen LogP contribution in [0.3, 0.4) is 0 Å². The van der Waals surface area contributed by atoms with Crippen LogP contribution in [0.1, 0.15) is 65.7 Å². The SMILES string of the molecule is CCCCCCCCC(=O)P(=O)(OCC)OCC. The van der Waals surface area contributed by atoms with Crippen molar-refractivity contribution in [2.45, 2.75) is 65.7 Å². The number of hydrogen-bond acceptors (Lipinski definition) is 4. The first-order chi connectivity index (χ1) is 8.60. The summed E-state index contributed by atoms with van der Waals surface area (Å²) in [7, 11) is -3.51. The highest BCUT2D eigenvalue weighted by molar-refractivity contribution is 7.71. The molecule has 0 aliphatic carbocycles. The molecule has 18 heavy (non-hydrogen) atoms. The third kappa shape index (κ3) is 7.30. The minimum atomic E-state index is -3.51. The van der Waals surface area contributed by atoms with Gasteiger partial charge in [-0.25, -0.2) is 0 Å². The van der Waals surface area contributed by atoms with Crippen LogP contribution >= 0.6 is 7.60 Å². The summed E-state index contributed by atoms with van der Waals surface area (Å²) < 4.78 is 22.1. The summed E-state index contributed by atoms with van der Waals surface area (Å²) >= 11 is 0. The van der Waals surface area contributed by atoms with Crippen LogP contribution in [0.15, 0.2) is 0 Å². The van der Waals surface area contributed by atoms with Crippen molar-refractivity contribution in [1.82, 2.24) is 0 Å². The van der Waals surface area contributed by atoms with Crippen molar-refractivity contribution in [3.63, 3.8) is 0 Å². The van der Waals surface area contributed by atoms with Gasteiger partial charge in [0.15, 0.2) is 0 Å². The van der Waals surface area contributed by atoms with Crippen LogP contribution < -0.4 is 0 Å². The highest BCUT2D eigenvalue weighted by Gasteiger charge is 2.32. The molecule has 0 saturated carbocycles. The fourth-order valence-corrected chi connectivity index (χ4v) is 3.19. The molecule has 5 heteroatoms. The van der Waals surface area contributed by atoms with Crippen molar-refractivity contribution >= 4 is 13.1 Å². The summed E-state index contributed by atoms with van der Waals surface area (Å²) in [6.45, 7) is 6.07. The van der Waals surface area contributed by atoms with Crippen molar-refractivity contribution in [2.24, 2.45) is 0 Å². The molecule has 0 rings (SSSR count). The van der Waals surface area contributed by atoms with Gasteiger partial charge >= 0.3 is 7.60 Å². The molecule has 0 heterocycles. The first kappa shape index (κ1) is 17.8. The van der Waals surface area contributed by atoms with Gasteiger partial charge in [0.05, 0.1) is 13.2 Å². The first-order valence-electron chi connectivity index (χ1n) is 7.03. The van der Waals surface area contributed by atoms with E-state index in [4.69, 9.17) is 9.05 Å². The lowest BCUT2D eigenvalue weighted by Crippen LogP contribution is -2.07. The fourth-order valence-electron chi connectivity index (χ4n) is 1.71. The molecule has 108 valence electrons. The predicted octanol–water partition coefficient (Wildman–Crippen LogP) is 4.53. The second-order valence-corrected chi connectivity index (χ2v) is 6.25. The molecule has 0 aliphatic heterocycles. The standard InChI is InChI=1S/C13H27O4P/c1-4-7-8-9-10-11-12-13(14)18(15,16-5-2)17-6-3/h4-12H2,1-3H3. The van der Waals surface area contributed by atoms with Crippen LogP contribution in [0.2, 0.25) is 0 Å².